The zero-order chi connectivity index (χ0) is 16.7. The first-order valence-electron chi connectivity index (χ1n) is 6.54. The number of carbonyl (C=O) groups excluding carboxylic acids is 1. The molecular weight excluding hydrogens is 412 g/mol. The van der Waals surface area contributed by atoms with Gasteiger partial charge in [-0.15, -0.1) is 0 Å². The molecule has 22 heavy (non-hydrogen) atoms. The first kappa shape index (κ1) is 18.5. The standard InChI is InChI=1S/C16H16Br2N2O2/c1-4-5-22-15-13(17)7-11(8-14(15)18)6-12(9-19)16(21)20-10(2)3/h4,6-8,10H,1,5H2,2-3H3,(H,20,21)/b12-6+. The lowest BCUT2D eigenvalue weighted by atomic mass is 10.1. The Bertz CT molecular complexity index is 623. The zero-order valence-corrected chi connectivity index (χ0v) is 15.5. The van der Waals surface area contributed by atoms with E-state index < -0.39 is 5.91 Å². The Hall–Kier alpha value is -1.58. The summed E-state index contributed by atoms with van der Waals surface area (Å²) >= 11 is 6.83. The normalized spacial score (nSPS) is 11.0. The predicted molar refractivity (Wildman–Crippen MR) is 94.4 cm³/mol. The molecule has 0 spiro atoms. The fraction of sp³-hybridized carbons (Fsp3) is 0.250. The number of hydrogen-bond donors (Lipinski definition) is 1. The van der Waals surface area contributed by atoms with Crippen LogP contribution >= 0.6 is 31.9 Å². The number of nitriles is 1. The second-order valence-corrected chi connectivity index (χ2v) is 6.42. The summed E-state index contributed by atoms with van der Waals surface area (Å²) < 4.78 is 6.96. The summed E-state index contributed by atoms with van der Waals surface area (Å²) in [6.07, 6.45) is 3.18. The molecule has 1 amide bonds. The smallest absolute Gasteiger partial charge is 0.262 e. The van der Waals surface area contributed by atoms with Gasteiger partial charge in [0.1, 0.15) is 24.0 Å². The van der Waals surface area contributed by atoms with Crippen molar-refractivity contribution in [3.63, 3.8) is 0 Å². The molecule has 0 atom stereocenters. The highest BCUT2D eigenvalue weighted by atomic mass is 79.9. The van der Waals surface area contributed by atoms with E-state index in [-0.39, 0.29) is 11.6 Å². The van der Waals surface area contributed by atoms with E-state index in [1.165, 1.54) is 6.08 Å². The molecule has 0 heterocycles. The lowest BCUT2D eigenvalue weighted by Gasteiger charge is -2.10. The van der Waals surface area contributed by atoms with Crippen molar-refractivity contribution in [2.75, 3.05) is 6.61 Å². The van der Waals surface area contributed by atoms with Crippen LogP contribution in [0.4, 0.5) is 0 Å². The third-order valence-electron chi connectivity index (χ3n) is 2.46. The van der Waals surface area contributed by atoms with Gasteiger partial charge in [0.15, 0.2) is 0 Å². The van der Waals surface area contributed by atoms with Gasteiger partial charge in [-0.2, -0.15) is 5.26 Å². The highest BCUT2D eigenvalue weighted by molar-refractivity contribution is 9.11. The van der Waals surface area contributed by atoms with E-state index in [0.29, 0.717) is 17.9 Å². The van der Waals surface area contributed by atoms with Crippen LogP contribution in [0.15, 0.2) is 39.3 Å². The summed E-state index contributed by atoms with van der Waals surface area (Å²) in [5, 5.41) is 11.8. The number of nitrogens with one attached hydrogen (secondary N) is 1. The molecule has 0 bridgehead atoms. The summed E-state index contributed by atoms with van der Waals surface area (Å²) in [6, 6.07) is 5.45. The first-order valence-corrected chi connectivity index (χ1v) is 8.13. The van der Waals surface area contributed by atoms with Crippen LogP contribution < -0.4 is 10.1 Å². The molecule has 4 nitrogen and oxygen atoms in total. The fourth-order valence-corrected chi connectivity index (χ4v) is 3.05. The van der Waals surface area contributed by atoms with Crippen LogP contribution in [0.2, 0.25) is 0 Å². The Morgan fingerprint density at radius 3 is 2.50 bits per heavy atom. The van der Waals surface area contributed by atoms with Crippen LogP contribution in [0, 0.1) is 11.3 Å². The van der Waals surface area contributed by atoms with Crippen LogP contribution in [-0.2, 0) is 4.79 Å². The van der Waals surface area contributed by atoms with Gasteiger partial charge >= 0.3 is 0 Å². The van der Waals surface area contributed by atoms with Crippen LogP contribution in [0.25, 0.3) is 6.08 Å². The average Bonchev–Trinajstić information content (AvgIpc) is 2.43. The van der Waals surface area contributed by atoms with Crippen LogP contribution in [0.5, 0.6) is 5.75 Å². The Labute approximate surface area is 147 Å². The molecule has 1 rings (SSSR count). The van der Waals surface area contributed by atoms with E-state index in [0.717, 1.165) is 8.95 Å². The van der Waals surface area contributed by atoms with Crippen LogP contribution in [0.1, 0.15) is 19.4 Å². The molecule has 0 aromatic heterocycles. The topological polar surface area (TPSA) is 62.1 Å². The highest BCUT2D eigenvalue weighted by Crippen LogP contribution is 2.35. The van der Waals surface area contributed by atoms with Gasteiger partial charge in [0.05, 0.1) is 8.95 Å². The minimum Gasteiger partial charge on any atom is -0.487 e. The molecule has 0 radical (unpaired) electrons. The molecule has 116 valence electrons. The number of nitrogens with zero attached hydrogens (tertiary/aromatic N) is 1. The Kier molecular flexibility index (Phi) is 7.36. The summed E-state index contributed by atoms with van der Waals surface area (Å²) in [5.74, 6) is 0.249. The van der Waals surface area contributed by atoms with Crippen LogP contribution in [-0.4, -0.2) is 18.6 Å². The van der Waals surface area contributed by atoms with Gasteiger partial charge in [-0.3, -0.25) is 4.79 Å². The Morgan fingerprint density at radius 2 is 2.05 bits per heavy atom. The second-order valence-electron chi connectivity index (χ2n) is 4.71. The Morgan fingerprint density at radius 1 is 1.45 bits per heavy atom. The van der Waals surface area contributed by atoms with Gasteiger partial charge in [-0.25, -0.2) is 0 Å². The van der Waals surface area contributed by atoms with Gasteiger partial charge in [0.2, 0.25) is 0 Å². The maximum absolute atomic E-state index is 11.9. The summed E-state index contributed by atoms with van der Waals surface area (Å²) in [6.45, 7) is 7.66. The van der Waals surface area contributed by atoms with E-state index >= 15 is 0 Å². The predicted octanol–water partition coefficient (Wildman–Crippen LogP) is 4.21. The molecule has 0 fully saturated rings. The number of benzene rings is 1. The van der Waals surface area contributed by atoms with Crippen molar-refractivity contribution >= 4 is 43.8 Å². The molecule has 0 aliphatic carbocycles. The minimum atomic E-state index is -0.392. The quantitative estimate of drug-likeness (QED) is 0.420. The third-order valence-corrected chi connectivity index (χ3v) is 3.64. The molecule has 0 aliphatic heterocycles. The van der Waals surface area contributed by atoms with E-state index in [1.54, 1.807) is 18.2 Å². The number of hydrogen-bond acceptors (Lipinski definition) is 3. The molecule has 0 saturated carbocycles. The molecule has 1 N–H and O–H groups in total. The van der Waals surface area contributed by atoms with Gasteiger partial charge in [0.25, 0.3) is 5.91 Å². The Balaban J connectivity index is 3.11. The largest absolute Gasteiger partial charge is 0.487 e. The molecule has 0 aliphatic rings. The highest BCUT2D eigenvalue weighted by Gasteiger charge is 2.12. The molecule has 1 aromatic carbocycles. The number of ether oxygens (including phenoxy) is 1. The number of amides is 1. The van der Waals surface area contributed by atoms with Crippen molar-refractivity contribution in [2.45, 2.75) is 19.9 Å². The summed E-state index contributed by atoms with van der Waals surface area (Å²) in [5.41, 5.74) is 0.757. The zero-order valence-electron chi connectivity index (χ0n) is 12.3. The van der Waals surface area contributed by atoms with E-state index in [1.807, 2.05) is 19.9 Å². The van der Waals surface area contributed by atoms with Crippen LogP contribution in [0.3, 0.4) is 0 Å². The van der Waals surface area contributed by atoms with Crippen molar-refractivity contribution < 1.29 is 9.53 Å². The van der Waals surface area contributed by atoms with Crippen molar-refractivity contribution in [3.05, 3.63) is 44.9 Å². The number of halogens is 2. The maximum atomic E-state index is 11.9. The van der Waals surface area contributed by atoms with Gasteiger partial charge < -0.3 is 10.1 Å². The summed E-state index contributed by atoms with van der Waals surface area (Å²) in [7, 11) is 0. The fourth-order valence-electron chi connectivity index (χ4n) is 1.60. The summed E-state index contributed by atoms with van der Waals surface area (Å²) in [4.78, 5) is 11.9. The SMILES string of the molecule is C=CCOc1c(Br)cc(/C=C(\C#N)C(=O)NC(C)C)cc1Br. The second kappa shape index (κ2) is 8.76. The lowest BCUT2D eigenvalue weighted by Crippen LogP contribution is -2.30. The monoisotopic (exact) mass is 426 g/mol. The minimum absolute atomic E-state index is 0.0302. The van der Waals surface area contributed by atoms with E-state index in [9.17, 15) is 4.79 Å². The maximum Gasteiger partial charge on any atom is 0.262 e. The number of carbonyl (C=O) groups is 1. The molecule has 6 heteroatoms. The first-order chi connectivity index (χ1) is 10.4. The van der Waals surface area contributed by atoms with E-state index in [2.05, 4.69) is 43.8 Å². The van der Waals surface area contributed by atoms with Crippen molar-refractivity contribution in [2.24, 2.45) is 0 Å². The van der Waals surface area contributed by atoms with Gasteiger partial charge in [0, 0.05) is 6.04 Å². The molecule has 1 aromatic rings. The lowest BCUT2D eigenvalue weighted by molar-refractivity contribution is -0.117. The van der Waals surface area contributed by atoms with Crippen molar-refractivity contribution in [1.29, 1.82) is 5.26 Å². The van der Waals surface area contributed by atoms with Gasteiger partial charge in [-0.1, -0.05) is 12.7 Å². The van der Waals surface area contributed by atoms with Crippen molar-refractivity contribution in [3.8, 4) is 11.8 Å². The molecule has 0 saturated heterocycles. The van der Waals surface area contributed by atoms with Crippen molar-refractivity contribution in [1.82, 2.24) is 5.32 Å². The number of rotatable bonds is 6. The average molecular weight is 428 g/mol. The van der Waals surface area contributed by atoms with Gasteiger partial charge in [-0.05, 0) is 69.5 Å². The molecule has 0 unspecified atom stereocenters. The third kappa shape index (κ3) is 5.32. The molecular formula is C16H16Br2N2O2. The van der Waals surface area contributed by atoms with E-state index in [4.69, 9.17) is 10.00 Å².